The maximum absolute atomic E-state index is 13.7. The maximum atomic E-state index is 13.7. The van der Waals surface area contributed by atoms with E-state index >= 15 is 0 Å². The molecule has 10 heteroatoms. The van der Waals surface area contributed by atoms with Crippen LogP contribution in [-0.2, 0) is 11.3 Å². The molecule has 0 radical (unpaired) electrons. The Balaban J connectivity index is 1.31. The fraction of sp³-hybridized carbons (Fsp3) is 0.667. The van der Waals surface area contributed by atoms with Crippen molar-refractivity contribution in [2.45, 2.75) is 101 Å². The molecule has 2 bridgehead atoms. The van der Waals surface area contributed by atoms with Gasteiger partial charge >= 0.3 is 12.0 Å². The summed E-state index contributed by atoms with van der Waals surface area (Å²) in [5.74, 6) is -3.38. The van der Waals surface area contributed by atoms with Crippen molar-refractivity contribution in [1.29, 1.82) is 0 Å². The molecule has 1 aromatic carbocycles. The van der Waals surface area contributed by atoms with Gasteiger partial charge in [-0.05, 0) is 94.7 Å². The van der Waals surface area contributed by atoms with Gasteiger partial charge < -0.3 is 14.9 Å². The molecule has 2 N–H and O–H groups in total. The lowest BCUT2D eigenvalue weighted by Crippen LogP contribution is -2.54. The van der Waals surface area contributed by atoms with Crippen LogP contribution in [0.1, 0.15) is 89.8 Å². The summed E-state index contributed by atoms with van der Waals surface area (Å²) < 4.78 is 33.2. The Morgan fingerprint density at radius 1 is 1.19 bits per heavy atom. The normalized spacial score (nSPS) is 31.8. The first-order valence-corrected chi connectivity index (χ1v) is 14.0. The lowest BCUT2D eigenvalue weighted by molar-refractivity contribution is -0.0158. The average Bonchev–Trinajstić information content (AvgIpc) is 3.37. The Hall–Kier alpha value is -2.07. The summed E-state index contributed by atoms with van der Waals surface area (Å²) >= 11 is 3.54. The molecule has 6 rings (SSSR count). The van der Waals surface area contributed by atoms with Crippen LogP contribution in [0.3, 0.4) is 0 Å². The zero-order valence-corrected chi connectivity index (χ0v) is 23.0. The number of aromatic nitrogens is 2. The van der Waals surface area contributed by atoms with Crippen molar-refractivity contribution >= 4 is 27.6 Å². The molecule has 0 unspecified atom stereocenters. The molecule has 2 aromatic rings. The summed E-state index contributed by atoms with van der Waals surface area (Å²) in [4.78, 5) is 19.6. The SMILES string of the molecule is CC1(O)CCC(NC(=O)N(CC23CCC(c4noc(C(C)(F)F)n4)(CC2)CC3)c2cccc(Br)c2)CC1. The van der Waals surface area contributed by atoms with Crippen molar-refractivity contribution in [2.24, 2.45) is 5.41 Å². The van der Waals surface area contributed by atoms with Crippen molar-refractivity contribution in [1.82, 2.24) is 15.5 Å². The highest BCUT2D eigenvalue weighted by atomic mass is 79.9. The third-order valence-electron chi connectivity index (χ3n) is 8.93. The second-order valence-electron chi connectivity index (χ2n) is 11.9. The Labute approximate surface area is 224 Å². The van der Waals surface area contributed by atoms with Gasteiger partial charge in [-0.2, -0.15) is 13.8 Å². The zero-order valence-electron chi connectivity index (χ0n) is 21.4. The lowest BCUT2D eigenvalue weighted by Gasteiger charge is -2.53. The first-order chi connectivity index (χ1) is 17.4. The van der Waals surface area contributed by atoms with Gasteiger partial charge in [0.2, 0.25) is 0 Å². The standard InChI is InChI=1S/C27H35BrF2N4O3/c1-24(36)8-6-19(7-9-24)31-23(35)34(20-5-3-4-18(28)16-20)17-26-10-13-27(14-11-26,15-12-26)21-32-22(37-33-21)25(2,29)30/h3-5,16,19,36H,6-15,17H2,1-2H3,(H,31,35). The molecular formula is C27H35BrF2N4O3. The number of fused-ring (bicyclic) bond motifs is 3. The first-order valence-electron chi connectivity index (χ1n) is 13.2. The van der Waals surface area contributed by atoms with Gasteiger partial charge in [0.1, 0.15) is 0 Å². The third kappa shape index (κ3) is 5.55. The molecule has 4 aliphatic carbocycles. The van der Waals surface area contributed by atoms with Crippen molar-refractivity contribution in [2.75, 3.05) is 11.4 Å². The molecule has 4 aliphatic rings. The van der Waals surface area contributed by atoms with E-state index in [2.05, 4.69) is 31.4 Å². The summed E-state index contributed by atoms with van der Waals surface area (Å²) in [6.45, 7) is 3.21. The number of aliphatic hydroxyl groups is 1. The summed E-state index contributed by atoms with van der Waals surface area (Å²) in [6, 6.07) is 7.70. The summed E-state index contributed by atoms with van der Waals surface area (Å²) in [5, 5.41) is 17.5. The molecule has 0 saturated heterocycles. The van der Waals surface area contributed by atoms with Crippen LogP contribution >= 0.6 is 15.9 Å². The lowest BCUT2D eigenvalue weighted by atomic mass is 9.53. The van der Waals surface area contributed by atoms with Crippen LogP contribution in [0.5, 0.6) is 0 Å². The van der Waals surface area contributed by atoms with Crippen molar-refractivity contribution < 1.29 is 23.2 Å². The fourth-order valence-electron chi connectivity index (χ4n) is 6.35. The van der Waals surface area contributed by atoms with Gasteiger partial charge in [0.15, 0.2) is 5.82 Å². The number of carbonyl (C=O) groups excluding carboxylic acids is 1. The van der Waals surface area contributed by atoms with Crippen molar-refractivity contribution in [3.8, 4) is 0 Å². The molecule has 2 amide bonds. The molecule has 1 heterocycles. The number of nitrogens with zero attached hydrogens (tertiary/aromatic N) is 3. The van der Waals surface area contributed by atoms with E-state index < -0.39 is 17.4 Å². The number of amides is 2. The Kier molecular flexibility index (Phi) is 6.88. The van der Waals surface area contributed by atoms with Gasteiger partial charge in [-0.15, -0.1) is 0 Å². The number of nitrogens with one attached hydrogen (secondary N) is 1. The van der Waals surface area contributed by atoms with Crippen LogP contribution in [0.15, 0.2) is 33.3 Å². The molecule has 202 valence electrons. The smallest absolute Gasteiger partial charge is 0.322 e. The molecule has 0 spiro atoms. The quantitative estimate of drug-likeness (QED) is 0.410. The Morgan fingerprint density at radius 2 is 1.84 bits per heavy atom. The number of benzene rings is 1. The van der Waals surface area contributed by atoms with E-state index in [1.807, 2.05) is 36.1 Å². The molecule has 7 nitrogen and oxygen atoms in total. The van der Waals surface area contributed by atoms with Gasteiger partial charge in [-0.25, -0.2) is 4.79 Å². The summed E-state index contributed by atoms with van der Waals surface area (Å²) in [5.41, 5.74) is -0.220. The van der Waals surface area contributed by atoms with Gasteiger partial charge in [-0.3, -0.25) is 4.90 Å². The van der Waals surface area contributed by atoms with E-state index in [0.29, 0.717) is 25.2 Å². The van der Waals surface area contributed by atoms with Crippen molar-refractivity contribution in [3.05, 3.63) is 40.5 Å². The van der Waals surface area contributed by atoms with Gasteiger partial charge in [0, 0.05) is 35.1 Å². The van der Waals surface area contributed by atoms with E-state index in [1.165, 1.54) is 0 Å². The monoisotopic (exact) mass is 580 g/mol. The van der Waals surface area contributed by atoms with Crippen LogP contribution in [0.2, 0.25) is 0 Å². The van der Waals surface area contributed by atoms with Crippen LogP contribution in [-0.4, -0.2) is 39.5 Å². The summed E-state index contributed by atoms with van der Waals surface area (Å²) in [7, 11) is 0. The largest absolute Gasteiger partial charge is 0.390 e. The zero-order chi connectivity index (χ0) is 26.5. The third-order valence-corrected chi connectivity index (χ3v) is 9.42. The van der Waals surface area contributed by atoms with Crippen LogP contribution < -0.4 is 10.2 Å². The fourth-order valence-corrected chi connectivity index (χ4v) is 6.74. The minimum Gasteiger partial charge on any atom is -0.390 e. The number of rotatable bonds is 6. The highest BCUT2D eigenvalue weighted by Crippen LogP contribution is 2.57. The molecular weight excluding hydrogens is 546 g/mol. The number of anilines is 1. The number of hydrogen-bond donors (Lipinski definition) is 2. The number of carbonyl (C=O) groups is 1. The number of halogens is 3. The highest BCUT2D eigenvalue weighted by Gasteiger charge is 2.53. The summed E-state index contributed by atoms with van der Waals surface area (Å²) in [6.07, 6.45) is 7.79. The Morgan fingerprint density at radius 3 is 2.41 bits per heavy atom. The van der Waals surface area contributed by atoms with E-state index in [9.17, 15) is 18.7 Å². The molecule has 4 saturated carbocycles. The number of alkyl halides is 2. The van der Waals surface area contributed by atoms with E-state index in [-0.39, 0.29) is 22.9 Å². The minimum absolute atomic E-state index is 0.0365. The molecule has 37 heavy (non-hydrogen) atoms. The van der Waals surface area contributed by atoms with Gasteiger partial charge in [-0.1, -0.05) is 27.2 Å². The molecule has 0 aliphatic heterocycles. The number of hydrogen-bond acceptors (Lipinski definition) is 5. The van der Waals surface area contributed by atoms with E-state index in [4.69, 9.17) is 4.52 Å². The maximum Gasteiger partial charge on any atom is 0.322 e. The molecule has 4 fully saturated rings. The van der Waals surface area contributed by atoms with Crippen molar-refractivity contribution in [3.63, 3.8) is 0 Å². The predicted octanol–water partition coefficient (Wildman–Crippen LogP) is 6.45. The molecule has 1 aromatic heterocycles. The minimum atomic E-state index is -3.15. The predicted molar refractivity (Wildman–Crippen MR) is 139 cm³/mol. The van der Waals surface area contributed by atoms with Gasteiger partial charge in [0.25, 0.3) is 5.89 Å². The number of urea groups is 1. The molecule has 0 atom stereocenters. The van der Waals surface area contributed by atoms with Crippen LogP contribution in [0.4, 0.5) is 19.3 Å². The van der Waals surface area contributed by atoms with Crippen LogP contribution in [0, 0.1) is 5.41 Å². The second-order valence-corrected chi connectivity index (χ2v) is 12.8. The first kappa shape index (κ1) is 26.5. The van der Waals surface area contributed by atoms with Gasteiger partial charge in [0.05, 0.1) is 5.60 Å². The average molecular weight is 582 g/mol. The topological polar surface area (TPSA) is 91.5 Å². The van der Waals surface area contributed by atoms with E-state index in [0.717, 1.165) is 68.5 Å². The second kappa shape index (κ2) is 9.59. The Bertz CT molecular complexity index is 1110. The van der Waals surface area contributed by atoms with E-state index in [1.54, 1.807) is 0 Å². The van der Waals surface area contributed by atoms with Crippen LogP contribution in [0.25, 0.3) is 0 Å². The highest BCUT2D eigenvalue weighted by molar-refractivity contribution is 9.10.